The molecule has 2 atom stereocenters. The van der Waals surface area contributed by atoms with Crippen LogP contribution in [-0.4, -0.2) is 19.3 Å². The van der Waals surface area contributed by atoms with E-state index in [1.54, 1.807) is 24.3 Å². The monoisotopic (exact) mass is 379 g/mol. The molecule has 4 nitrogen and oxygen atoms in total. The highest BCUT2D eigenvalue weighted by Gasteiger charge is 2.44. The van der Waals surface area contributed by atoms with Gasteiger partial charge in [-0.25, -0.2) is 8.42 Å². The minimum absolute atomic E-state index is 0.272. The van der Waals surface area contributed by atoms with Crippen LogP contribution in [0.3, 0.4) is 0 Å². The fourth-order valence-corrected chi connectivity index (χ4v) is 5.09. The van der Waals surface area contributed by atoms with Crippen molar-refractivity contribution in [1.82, 2.24) is 4.31 Å². The maximum Gasteiger partial charge on any atom is 0.246 e. The van der Waals surface area contributed by atoms with Gasteiger partial charge in [0.2, 0.25) is 10.0 Å². The molecule has 3 aromatic carbocycles. The van der Waals surface area contributed by atoms with Gasteiger partial charge in [0.1, 0.15) is 0 Å². The van der Waals surface area contributed by atoms with Gasteiger partial charge in [-0.2, -0.15) is 4.31 Å². The number of aryl methyl sites for hydroxylation is 1. The maximum atomic E-state index is 13.5. The number of hydrogen-bond donors (Lipinski definition) is 0. The molecule has 3 aromatic rings. The molecule has 0 spiro atoms. The molecule has 0 bridgehead atoms. The van der Waals surface area contributed by atoms with Crippen molar-refractivity contribution in [2.45, 2.75) is 24.1 Å². The largest absolute Gasteiger partial charge is 0.356 e. The van der Waals surface area contributed by atoms with Crippen molar-refractivity contribution in [2.75, 3.05) is 6.61 Å². The third-order valence-electron chi connectivity index (χ3n) is 4.82. The van der Waals surface area contributed by atoms with E-state index in [4.69, 9.17) is 4.74 Å². The summed E-state index contributed by atoms with van der Waals surface area (Å²) < 4.78 is 34.5. The van der Waals surface area contributed by atoms with E-state index in [0.29, 0.717) is 6.61 Å². The summed E-state index contributed by atoms with van der Waals surface area (Å²) in [6, 6.07) is 25.6. The average molecular weight is 379 g/mol. The van der Waals surface area contributed by atoms with Crippen LogP contribution in [0.1, 0.15) is 29.0 Å². The molecule has 0 amide bonds. The Kier molecular flexibility index (Phi) is 4.83. The first-order valence-electron chi connectivity index (χ1n) is 8.89. The van der Waals surface area contributed by atoms with E-state index >= 15 is 0 Å². The molecule has 1 unspecified atom stereocenters. The molecule has 0 aromatic heterocycles. The lowest BCUT2D eigenvalue weighted by molar-refractivity contribution is 0.0681. The zero-order valence-corrected chi connectivity index (χ0v) is 15.8. The van der Waals surface area contributed by atoms with Gasteiger partial charge >= 0.3 is 0 Å². The van der Waals surface area contributed by atoms with Crippen molar-refractivity contribution in [3.05, 3.63) is 102 Å². The van der Waals surface area contributed by atoms with Crippen LogP contribution in [-0.2, 0) is 14.8 Å². The van der Waals surface area contributed by atoms with E-state index in [9.17, 15) is 8.42 Å². The second kappa shape index (κ2) is 7.27. The van der Waals surface area contributed by atoms with Gasteiger partial charge in [-0.1, -0.05) is 78.4 Å². The summed E-state index contributed by atoms with van der Waals surface area (Å²) in [5.41, 5.74) is 2.89. The fraction of sp³-hybridized carbons (Fsp3) is 0.182. The van der Waals surface area contributed by atoms with Crippen molar-refractivity contribution < 1.29 is 13.2 Å². The lowest BCUT2D eigenvalue weighted by Gasteiger charge is -2.28. The minimum Gasteiger partial charge on any atom is -0.356 e. The smallest absolute Gasteiger partial charge is 0.246 e. The van der Waals surface area contributed by atoms with Crippen molar-refractivity contribution in [3.63, 3.8) is 0 Å². The predicted octanol–water partition coefficient (Wildman–Crippen LogP) is 4.46. The standard InChI is InChI=1S/C22H21NO3S/c1-17-12-14-18(15-13-17)21-16-26-22(19-8-4-2-5-9-19)23(21)27(24,25)20-10-6-3-7-11-20/h2-15,21-22H,16H2,1H3/t21-,22?/m1/s1. The molecule has 0 aliphatic carbocycles. The highest BCUT2D eigenvalue weighted by Crippen LogP contribution is 2.42. The molecule has 0 radical (unpaired) electrons. The number of nitrogens with zero attached hydrogens (tertiary/aromatic N) is 1. The molecular formula is C22H21NO3S. The van der Waals surface area contributed by atoms with Gasteiger partial charge in [0.05, 0.1) is 17.5 Å². The second-order valence-electron chi connectivity index (χ2n) is 6.67. The molecule has 27 heavy (non-hydrogen) atoms. The van der Waals surface area contributed by atoms with E-state index in [-0.39, 0.29) is 10.9 Å². The van der Waals surface area contributed by atoms with Crippen LogP contribution < -0.4 is 0 Å². The Bertz CT molecular complexity index is 1000. The number of sulfonamides is 1. The Morgan fingerprint density at radius 1 is 0.815 bits per heavy atom. The normalized spacial score (nSPS) is 20.6. The van der Waals surface area contributed by atoms with Crippen LogP contribution in [0.4, 0.5) is 0 Å². The lowest BCUT2D eigenvalue weighted by atomic mass is 10.1. The molecule has 1 saturated heterocycles. The minimum atomic E-state index is -3.74. The van der Waals surface area contributed by atoms with Gasteiger partial charge in [-0.05, 0) is 30.2 Å². The first-order valence-corrected chi connectivity index (χ1v) is 10.3. The van der Waals surface area contributed by atoms with Crippen molar-refractivity contribution in [2.24, 2.45) is 0 Å². The highest BCUT2D eigenvalue weighted by atomic mass is 32.2. The van der Waals surface area contributed by atoms with Crippen LogP contribution in [0, 0.1) is 6.92 Å². The molecule has 0 N–H and O–H groups in total. The molecule has 1 fully saturated rings. The van der Waals surface area contributed by atoms with Gasteiger partial charge in [-0.3, -0.25) is 0 Å². The summed E-state index contributed by atoms with van der Waals surface area (Å²) in [7, 11) is -3.74. The lowest BCUT2D eigenvalue weighted by Crippen LogP contribution is -2.33. The Hall–Kier alpha value is -2.47. The third kappa shape index (κ3) is 3.41. The van der Waals surface area contributed by atoms with E-state index < -0.39 is 16.3 Å². The molecular weight excluding hydrogens is 358 g/mol. The number of rotatable bonds is 4. The second-order valence-corrected chi connectivity index (χ2v) is 8.51. The van der Waals surface area contributed by atoms with Gasteiger partial charge in [0.25, 0.3) is 0 Å². The topological polar surface area (TPSA) is 46.6 Å². The van der Waals surface area contributed by atoms with Gasteiger partial charge < -0.3 is 4.74 Å². The van der Waals surface area contributed by atoms with Gasteiger partial charge in [0.15, 0.2) is 6.23 Å². The molecule has 1 aliphatic heterocycles. The SMILES string of the molecule is Cc1ccc([C@H]2COC(c3ccccc3)N2S(=O)(=O)c2ccccc2)cc1. The third-order valence-corrected chi connectivity index (χ3v) is 6.68. The molecule has 0 saturated carbocycles. The Balaban J connectivity index is 1.82. The molecule has 1 aliphatic rings. The summed E-state index contributed by atoms with van der Waals surface area (Å²) in [6.07, 6.45) is -0.650. The number of ether oxygens (including phenoxy) is 1. The van der Waals surface area contributed by atoms with Crippen LogP contribution in [0.25, 0.3) is 0 Å². The zero-order chi connectivity index (χ0) is 18.9. The van der Waals surface area contributed by atoms with Crippen LogP contribution in [0.5, 0.6) is 0 Å². The Morgan fingerprint density at radius 2 is 1.41 bits per heavy atom. The van der Waals surface area contributed by atoms with Crippen LogP contribution in [0.2, 0.25) is 0 Å². The summed E-state index contributed by atoms with van der Waals surface area (Å²) in [6.45, 7) is 2.33. The molecule has 138 valence electrons. The summed E-state index contributed by atoms with van der Waals surface area (Å²) >= 11 is 0. The van der Waals surface area contributed by atoms with Gasteiger partial charge in [-0.15, -0.1) is 0 Å². The summed E-state index contributed by atoms with van der Waals surface area (Å²) in [4.78, 5) is 0.272. The highest BCUT2D eigenvalue weighted by molar-refractivity contribution is 7.89. The summed E-state index contributed by atoms with van der Waals surface area (Å²) in [5.74, 6) is 0. The summed E-state index contributed by atoms with van der Waals surface area (Å²) in [5, 5.41) is 0. The average Bonchev–Trinajstić information content (AvgIpc) is 3.16. The quantitative estimate of drug-likeness (QED) is 0.673. The fourth-order valence-electron chi connectivity index (χ4n) is 3.39. The van der Waals surface area contributed by atoms with Crippen LogP contribution >= 0.6 is 0 Å². The predicted molar refractivity (Wildman–Crippen MR) is 105 cm³/mol. The Morgan fingerprint density at radius 3 is 2.04 bits per heavy atom. The van der Waals surface area contributed by atoms with Gasteiger partial charge in [0, 0.05) is 0 Å². The maximum absolute atomic E-state index is 13.5. The molecule has 4 rings (SSSR count). The van der Waals surface area contributed by atoms with E-state index in [1.165, 1.54) is 4.31 Å². The van der Waals surface area contributed by atoms with Crippen molar-refractivity contribution in [1.29, 1.82) is 0 Å². The van der Waals surface area contributed by atoms with E-state index in [2.05, 4.69) is 0 Å². The van der Waals surface area contributed by atoms with Crippen molar-refractivity contribution in [3.8, 4) is 0 Å². The van der Waals surface area contributed by atoms with Crippen LogP contribution in [0.15, 0.2) is 89.8 Å². The molecule has 5 heteroatoms. The van der Waals surface area contributed by atoms with E-state index in [0.717, 1.165) is 16.7 Å². The first kappa shape index (κ1) is 17.9. The Labute approximate surface area is 160 Å². The first-order chi connectivity index (χ1) is 13.1. The van der Waals surface area contributed by atoms with Crippen molar-refractivity contribution >= 4 is 10.0 Å². The van der Waals surface area contributed by atoms with E-state index in [1.807, 2.05) is 67.6 Å². The number of hydrogen-bond acceptors (Lipinski definition) is 3. The zero-order valence-electron chi connectivity index (χ0n) is 15.0. The number of benzene rings is 3. The molecule has 1 heterocycles.